The van der Waals surface area contributed by atoms with Gasteiger partial charge in [0.05, 0.1) is 6.10 Å². The summed E-state index contributed by atoms with van der Waals surface area (Å²) >= 11 is 6.01. The molecule has 0 saturated carbocycles. The van der Waals surface area contributed by atoms with Gasteiger partial charge in [0.1, 0.15) is 11.0 Å². The molecule has 0 aromatic carbocycles. The Morgan fingerprint density at radius 2 is 2.00 bits per heavy atom. The number of aliphatic hydroxyl groups excluding tert-OH is 1. The van der Waals surface area contributed by atoms with Crippen molar-refractivity contribution < 1.29 is 9.90 Å². The van der Waals surface area contributed by atoms with E-state index in [-0.39, 0.29) is 12.0 Å². The van der Waals surface area contributed by atoms with E-state index in [1.807, 2.05) is 0 Å². The second-order valence-electron chi connectivity index (χ2n) is 5.09. The minimum absolute atomic E-state index is 0.0879. The molecule has 1 amide bonds. The van der Waals surface area contributed by atoms with E-state index in [0.29, 0.717) is 23.8 Å². The first-order chi connectivity index (χ1) is 9.13. The third-order valence-corrected chi connectivity index (χ3v) is 3.80. The van der Waals surface area contributed by atoms with Crippen molar-refractivity contribution in [3.8, 4) is 0 Å². The summed E-state index contributed by atoms with van der Waals surface area (Å²) in [5, 5.41) is 9.60. The van der Waals surface area contributed by atoms with Crippen LogP contribution in [0.5, 0.6) is 0 Å². The van der Waals surface area contributed by atoms with E-state index in [9.17, 15) is 9.90 Å². The first-order valence-electron chi connectivity index (χ1n) is 6.53. The molecule has 2 saturated heterocycles. The van der Waals surface area contributed by atoms with Gasteiger partial charge in [-0.25, -0.2) is 4.98 Å². The lowest BCUT2D eigenvalue weighted by atomic mass is 10.1. The van der Waals surface area contributed by atoms with Crippen molar-refractivity contribution in [2.45, 2.75) is 18.9 Å². The Bertz CT molecular complexity index is 497. The summed E-state index contributed by atoms with van der Waals surface area (Å²) in [6, 6.07) is 3.39. The molecule has 1 aromatic rings. The number of hydrogen-bond donors (Lipinski definition) is 1. The zero-order chi connectivity index (χ0) is 13.4. The van der Waals surface area contributed by atoms with Gasteiger partial charge >= 0.3 is 0 Å². The highest BCUT2D eigenvalue weighted by atomic mass is 35.5. The fraction of sp³-hybridized carbons (Fsp3) is 0.538. The number of hydrogen-bond acceptors (Lipinski definition) is 4. The van der Waals surface area contributed by atoms with Gasteiger partial charge < -0.3 is 14.9 Å². The molecule has 5 nitrogen and oxygen atoms in total. The van der Waals surface area contributed by atoms with Crippen molar-refractivity contribution >= 4 is 23.3 Å². The van der Waals surface area contributed by atoms with Gasteiger partial charge in [-0.05, 0) is 25.0 Å². The van der Waals surface area contributed by atoms with Crippen molar-refractivity contribution in [2.75, 3.05) is 31.1 Å². The molecule has 0 aliphatic carbocycles. The van der Waals surface area contributed by atoms with E-state index in [1.165, 1.54) is 0 Å². The lowest BCUT2D eigenvalue weighted by Crippen LogP contribution is -2.53. The maximum atomic E-state index is 12.2. The Hall–Kier alpha value is -1.33. The van der Waals surface area contributed by atoms with Crippen molar-refractivity contribution in [3.05, 3.63) is 22.8 Å². The van der Waals surface area contributed by atoms with Gasteiger partial charge in [0, 0.05) is 31.7 Å². The third kappa shape index (κ3) is 2.53. The van der Waals surface area contributed by atoms with Crippen LogP contribution in [-0.4, -0.2) is 53.2 Å². The van der Waals surface area contributed by atoms with E-state index >= 15 is 0 Å². The molecule has 1 aromatic heterocycles. The van der Waals surface area contributed by atoms with E-state index in [1.54, 1.807) is 17.0 Å². The number of anilines is 1. The Labute approximate surface area is 116 Å². The molecule has 3 heterocycles. The van der Waals surface area contributed by atoms with Gasteiger partial charge in [-0.2, -0.15) is 0 Å². The van der Waals surface area contributed by atoms with Gasteiger partial charge in [-0.3, -0.25) is 4.79 Å². The first-order valence-corrected chi connectivity index (χ1v) is 6.91. The number of carbonyl (C=O) groups is 1. The summed E-state index contributed by atoms with van der Waals surface area (Å²) < 4.78 is 0. The second-order valence-corrected chi connectivity index (χ2v) is 5.48. The average molecular weight is 282 g/mol. The summed E-state index contributed by atoms with van der Waals surface area (Å²) in [5.74, 6) is 0.685. The highest BCUT2D eigenvalue weighted by Gasteiger charge is 2.30. The number of aliphatic hydroxyl groups is 1. The summed E-state index contributed by atoms with van der Waals surface area (Å²) in [6.45, 7) is 2.72. The van der Waals surface area contributed by atoms with E-state index in [4.69, 9.17) is 11.6 Å². The molecule has 3 rings (SSSR count). The molecule has 19 heavy (non-hydrogen) atoms. The number of amides is 1. The van der Waals surface area contributed by atoms with E-state index in [2.05, 4.69) is 9.88 Å². The second kappa shape index (κ2) is 4.98. The van der Waals surface area contributed by atoms with Crippen LogP contribution in [0.3, 0.4) is 0 Å². The molecule has 0 radical (unpaired) electrons. The lowest BCUT2D eigenvalue weighted by Gasteiger charge is -2.36. The molecule has 2 aliphatic rings. The van der Waals surface area contributed by atoms with E-state index in [0.717, 1.165) is 31.7 Å². The number of β-amino-alcohol motifs (C(OH)–C–C–N with tert-alkyl or cyclic N) is 1. The zero-order valence-corrected chi connectivity index (χ0v) is 11.3. The first kappa shape index (κ1) is 12.7. The Balaban J connectivity index is 1.82. The van der Waals surface area contributed by atoms with Crippen molar-refractivity contribution in [3.63, 3.8) is 0 Å². The lowest BCUT2D eigenvalue weighted by molar-refractivity contribution is 0.00589. The maximum absolute atomic E-state index is 12.2. The highest BCUT2D eigenvalue weighted by molar-refractivity contribution is 6.29. The minimum atomic E-state index is -0.390. The average Bonchev–Trinajstić information content (AvgIpc) is 2.87. The van der Waals surface area contributed by atoms with Crippen molar-refractivity contribution in [1.29, 1.82) is 0 Å². The third-order valence-electron chi connectivity index (χ3n) is 3.61. The monoisotopic (exact) mass is 281 g/mol. The number of aromatic nitrogens is 1. The molecule has 6 heteroatoms. The van der Waals surface area contributed by atoms with Gasteiger partial charge in [0.25, 0.3) is 5.91 Å². The Morgan fingerprint density at radius 3 is 2.63 bits per heavy atom. The van der Waals surface area contributed by atoms with Crippen LogP contribution in [0.4, 0.5) is 5.82 Å². The van der Waals surface area contributed by atoms with Gasteiger partial charge in [0.2, 0.25) is 0 Å². The van der Waals surface area contributed by atoms with Crippen molar-refractivity contribution in [2.24, 2.45) is 0 Å². The molecule has 0 bridgehead atoms. The van der Waals surface area contributed by atoms with Crippen LogP contribution < -0.4 is 4.90 Å². The molecule has 0 unspecified atom stereocenters. The summed E-state index contributed by atoms with van der Waals surface area (Å²) in [6.07, 6.45) is 1.91. The number of rotatable bonds is 2. The maximum Gasteiger partial charge on any atom is 0.254 e. The summed E-state index contributed by atoms with van der Waals surface area (Å²) in [5.41, 5.74) is 0.550. The quantitative estimate of drug-likeness (QED) is 0.827. The number of carbonyl (C=O) groups excluding carboxylic acids is 1. The molecular weight excluding hydrogens is 266 g/mol. The van der Waals surface area contributed by atoms with Crippen LogP contribution >= 0.6 is 11.6 Å². The SMILES string of the molecule is O=C(c1cc(Cl)nc(N2CCCC2)c1)N1CC(O)C1. The normalized spacial score (nSPS) is 19.7. The largest absolute Gasteiger partial charge is 0.389 e. The van der Waals surface area contributed by atoms with Crippen LogP contribution in [0.15, 0.2) is 12.1 Å². The Morgan fingerprint density at radius 1 is 1.32 bits per heavy atom. The fourth-order valence-corrected chi connectivity index (χ4v) is 2.72. The smallest absolute Gasteiger partial charge is 0.254 e. The number of halogens is 1. The predicted molar refractivity (Wildman–Crippen MR) is 72.6 cm³/mol. The number of pyridine rings is 1. The van der Waals surface area contributed by atoms with E-state index < -0.39 is 0 Å². The summed E-state index contributed by atoms with van der Waals surface area (Å²) in [7, 11) is 0. The van der Waals surface area contributed by atoms with Crippen LogP contribution in [0.1, 0.15) is 23.2 Å². The molecule has 1 N–H and O–H groups in total. The van der Waals surface area contributed by atoms with Crippen LogP contribution in [0, 0.1) is 0 Å². The van der Waals surface area contributed by atoms with Crippen molar-refractivity contribution in [1.82, 2.24) is 9.88 Å². The van der Waals surface area contributed by atoms with Crippen LogP contribution in [-0.2, 0) is 0 Å². The molecule has 2 fully saturated rings. The fourth-order valence-electron chi connectivity index (χ4n) is 2.52. The molecular formula is C13H16ClN3O2. The molecule has 2 aliphatic heterocycles. The van der Waals surface area contributed by atoms with Gasteiger partial charge in [-0.1, -0.05) is 11.6 Å². The number of nitrogens with zero attached hydrogens (tertiary/aromatic N) is 3. The van der Waals surface area contributed by atoms with Crippen LogP contribution in [0.2, 0.25) is 5.15 Å². The number of likely N-dealkylation sites (tertiary alicyclic amines) is 1. The highest BCUT2D eigenvalue weighted by Crippen LogP contribution is 2.23. The molecule has 0 spiro atoms. The standard InChI is InChI=1S/C13H16ClN3O2/c14-11-5-9(13(19)17-7-10(18)8-17)6-12(15-11)16-3-1-2-4-16/h5-6,10,18H,1-4,7-8H2. The topological polar surface area (TPSA) is 56.7 Å². The predicted octanol–water partition coefficient (Wildman–Crippen LogP) is 1.15. The molecule has 102 valence electrons. The van der Waals surface area contributed by atoms with Gasteiger partial charge in [-0.15, -0.1) is 0 Å². The molecule has 0 atom stereocenters. The van der Waals surface area contributed by atoms with Gasteiger partial charge in [0.15, 0.2) is 0 Å². The summed E-state index contributed by atoms with van der Waals surface area (Å²) in [4.78, 5) is 20.3. The van der Waals surface area contributed by atoms with Crippen LogP contribution in [0.25, 0.3) is 0 Å². The minimum Gasteiger partial charge on any atom is -0.389 e. The zero-order valence-electron chi connectivity index (χ0n) is 10.5. The Kier molecular flexibility index (Phi) is 3.33.